The lowest BCUT2D eigenvalue weighted by molar-refractivity contribution is -0.263. The van der Waals surface area contributed by atoms with Crippen molar-refractivity contribution in [1.29, 1.82) is 0 Å². The molecule has 2 N–H and O–H groups in total. The van der Waals surface area contributed by atoms with E-state index >= 15 is 0 Å². The minimum Gasteiger partial charge on any atom is -0.459 e. The number of carbonyl (C=O) groups excluding carboxylic acids is 1. The fourth-order valence-electron chi connectivity index (χ4n) is 6.00. The Kier molecular flexibility index (Phi) is 4.18. The fourth-order valence-corrected chi connectivity index (χ4v) is 6.00. The maximum Gasteiger partial charge on any atom is 0.310 e. The number of esters is 1. The average molecular weight is 353 g/mol. The van der Waals surface area contributed by atoms with Crippen LogP contribution in [0.3, 0.4) is 0 Å². The van der Waals surface area contributed by atoms with Crippen molar-refractivity contribution in [2.24, 2.45) is 22.7 Å². The van der Waals surface area contributed by atoms with Crippen molar-refractivity contribution in [3.8, 4) is 0 Å². The van der Waals surface area contributed by atoms with Crippen LogP contribution in [0, 0.1) is 22.7 Å². The largest absolute Gasteiger partial charge is 0.459 e. The van der Waals surface area contributed by atoms with E-state index in [-0.39, 0.29) is 28.6 Å². The van der Waals surface area contributed by atoms with E-state index in [9.17, 15) is 15.0 Å². The smallest absolute Gasteiger partial charge is 0.310 e. The van der Waals surface area contributed by atoms with E-state index in [4.69, 9.17) is 4.74 Å². The van der Waals surface area contributed by atoms with Crippen molar-refractivity contribution in [3.63, 3.8) is 0 Å². The van der Waals surface area contributed by atoms with Gasteiger partial charge in [0.1, 0.15) is 5.60 Å². The molecule has 0 spiro atoms. The Balaban J connectivity index is 1.82. The molecule has 3 unspecified atom stereocenters. The van der Waals surface area contributed by atoms with Gasteiger partial charge in [0, 0.05) is 19.3 Å². The standard InChI is InChI=1S/C21H36O4/c1-17(2,3)10-15(18(4,5)6)16(22)25-21-9-14-7-19(23,12-21)11-20(24,8-14)13-21/h14-15,23-24H,7-13H2,1-6H3. The Hall–Kier alpha value is -0.610. The van der Waals surface area contributed by atoms with E-state index in [0.717, 1.165) is 25.7 Å². The number of hydrogen-bond acceptors (Lipinski definition) is 4. The fraction of sp³-hybridized carbons (Fsp3) is 0.952. The maximum absolute atomic E-state index is 13.2. The topological polar surface area (TPSA) is 66.8 Å². The zero-order valence-electron chi connectivity index (χ0n) is 16.8. The highest BCUT2D eigenvalue weighted by molar-refractivity contribution is 5.74. The third-order valence-corrected chi connectivity index (χ3v) is 6.42. The van der Waals surface area contributed by atoms with Crippen LogP contribution in [0.25, 0.3) is 0 Å². The van der Waals surface area contributed by atoms with Gasteiger partial charge < -0.3 is 14.9 Å². The highest BCUT2D eigenvalue weighted by Gasteiger charge is 2.64. The molecule has 0 heterocycles. The van der Waals surface area contributed by atoms with Crippen LogP contribution in [0.2, 0.25) is 0 Å². The van der Waals surface area contributed by atoms with Crippen molar-refractivity contribution in [3.05, 3.63) is 0 Å². The summed E-state index contributed by atoms with van der Waals surface area (Å²) in [5.41, 5.74) is -2.55. The van der Waals surface area contributed by atoms with Gasteiger partial charge in [-0.3, -0.25) is 4.79 Å². The first-order valence-corrected chi connectivity index (χ1v) is 9.81. The van der Waals surface area contributed by atoms with Gasteiger partial charge in [-0.2, -0.15) is 0 Å². The summed E-state index contributed by atoms with van der Waals surface area (Å²) in [5, 5.41) is 21.8. The molecule has 4 nitrogen and oxygen atoms in total. The quantitative estimate of drug-likeness (QED) is 0.758. The molecule has 4 fully saturated rings. The number of ether oxygens (including phenoxy) is 1. The molecule has 4 aliphatic rings. The number of hydrogen-bond donors (Lipinski definition) is 2. The molecule has 0 radical (unpaired) electrons. The van der Waals surface area contributed by atoms with Crippen molar-refractivity contribution < 1.29 is 19.7 Å². The molecule has 3 atom stereocenters. The van der Waals surface area contributed by atoms with Crippen LogP contribution in [-0.2, 0) is 9.53 Å². The van der Waals surface area contributed by atoms with Crippen LogP contribution in [0.15, 0.2) is 0 Å². The summed E-state index contributed by atoms with van der Waals surface area (Å²) < 4.78 is 6.16. The predicted molar refractivity (Wildman–Crippen MR) is 96.9 cm³/mol. The second-order valence-electron chi connectivity index (χ2n) is 11.7. The molecule has 0 aromatic heterocycles. The molecule has 0 aromatic carbocycles. The van der Waals surface area contributed by atoms with Crippen LogP contribution in [0.5, 0.6) is 0 Å². The molecule has 25 heavy (non-hydrogen) atoms. The predicted octanol–water partition coefficient (Wildman–Crippen LogP) is 3.83. The van der Waals surface area contributed by atoms with Gasteiger partial charge in [-0.05, 0) is 42.4 Å². The van der Waals surface area contributed by atoms with Crippen molar-refractivity contribution in [1.82, 2.24) is 0 Å². The van der Waals surface area contributed by atoms with Crippen LogP contribution in [0.4, 0.5) is 0 Å². The molecule has 0 aromatic rings. The lowest BCUT2D eigenvalue weighted by atomic mass is 9.50. The summed E-state index contributed by atoms with van der Waals surface area (Å²) in [6, 6.07) is 0. The first kappa shape index (κ1) is 19.2. The zero-order chi connectivity index (χ0) is 18.9. The number of aliphatic hydroxyl groups is 2. The Morgan fingerprint density at radius 1 is 1.00 bits per heavy atom. The number of carbonyl (C=O) groups is 1. The second-order valence-corrected chi connectivity index (χ2v) is 11.7. The van der Waals surface area contributed by atoms with Gasteiger partial charge in [-0.15, -0.1) is 0 Å². The lowest BCUT2D eigenvalue weighted by Gasteiger charge is -2.62. The molecular formula is C21H36O4. The van der Waals surface area contributed by atoms with E-state index < -0.39 is 16.8 Å². The molecule has 0 amide bonds. The molecule has 0 aliphatic heterocycles. The number of rotatable bonds is 3. The maximum atomic E-state index is 13.2. The Bertz CT molecular complexity index is 535. The zero-order valence-corrected chi connectivity index (χ0v) is 16.8. The highest BCUT2D eigenvalue weighted by atomic mass is 16.6. The van der Waals surface area contributed by atoms with Gasteiger partial charge >= 0.3 is 5.97 Å². The van der Waals surface area contributed by atoms with Gasteiger partial charge in [0.25, 0.3) is 0 Å². The van der Waals surface area contributed by atoms with E-state index in [1.165, 1.54) is 0 Å². The van der Waals surface area contributed by atoms with E-state index in [0.29, 0.717) is 19.3 Å². The monoisotopic (exact) mass is 352 g/mol. The SMILES string of the molecule is CC(C)(C)CC(C(=O)OC12CC3CC(O)(CC(O)(C3)C1)C2)C(C)(C)C. The van der Waals surface area contributed by atoms with Crippen molar-refractivity contribution >= 4 is 5.97 Å². The molecule has 4 rings (SSSR count). The molecule has 4 bridgehead atoms. The normalized spacial score (nSPS) is 41.7. The lowest BCUT2D eigenvalue weighted by Crippen LogP contribution is -2.67. The van der Waals surface area contributed by atoms with Gasteiger partial charge in [0.05, 0.1) is 17.1 Å². The van der Waals surface area contributed by atoms with Crippen molar-refractivity contribution in [2.45, 2.75) is 103 Å². The average Bonchev–Trinajstić information content (AvgIpc) is 2.27. The van der Waals surface area contributed by atoms with Gasteiger partial charge in [0.2, 0.25) is 0 Å². The van der Waals surface area contributed by atoms with E-state index in [1.54, 1.807) is 0 Å². The summed E-state index contributed by atoms with van der Waals surface area (Å²) in [6.45, 7) is 12.7. The van der Waals surface area contributed by atoms with Gasteiger partial charge in [-0.1, -0.05) is 41.5 Å². The molecule has 0 saturated heterocycles. The molecule has 4 saturated carbocycles. The third-order valence-electron chi connectivity index (χ3n) is 6.42. The third kappa shape index (κ3) is 3.90. The van der Waals surface area contributed by atoms with Crippen LogP contribution < -0.4 is 0 Å². The van der Waals surface area contributed by atoms with Crippen LogP contribution in [0.1, 0.15) is 86.5 Å². The van der Waals surface area contributed by atoms with Crippen molar-refractivity contribution in [2.75, 3.05) is 0 Å². The van der Waals surface area contributed by atoms with E-state index in [2.05, 4.69) is 41.5 Å². The van der Waals surface area contributed by atoms with Crippen LogP contribution in [-0.4, -0.2) is 33.0 Å². The summed E-state index contributed by atoms with van der Waals surface area (Å²) in [7, 11) is 0. The molecular weight excluding hydrogens is 316 g/mol. The van der Waals surface area contributed by atoms with E-state index in [1.807, 2.05) is 0 Å². The minimum absolute atomic E-state index is 0.0365. The first-order valence-electron chi connectivity index (χ1n) is 9.81. The molecule has 4 heteroatoms. The molecule has 144 valence electrons. The highest BCUT2D eigenvalue weighted by Crippen LogP contribution is 2.60. The summed E-state index contributed by atoms with van der Waals surface area (Å²) in [6.07, 6.45) is 4.42. The van der Waals surface area contributed by atoms with Gasteiger partial charge in [0.15, 0.2) is 0 Å². The first-order chi connectivity index (χ1) is 11.1. The Morgan fingerprint density at radius 2 is 1.52 bits per heavy atom. The Labute approximate surface area is 152 Å². The minimum atomic E-state index is -0.865. The summed E-state index contributed by atoms with van der Waals surface area (Å²) >= 11 is 0. The summed E-state index contributed by atoms with van der Waals surface area (Å²) in [4.78, 5) is 13.2. The second kappa shape index (κ2) is 5.45. The summed E-state index contributed by atoms with van der Waals surface area (Å²) in [5.74, 6) is -0.0869. The Morgan fingerprint density at radius 3 is 1.92 bits per heavy atom. The molecule has 4 aliphatic carbocycles. The van der Waals surface area contributed by atoms with Crippen LogP contribution >= 0.6 is 0 Å². The van der Waals surface area contributed by atoms with Gasteiger partial charge in [-0.25, -0.2) is 0 Å².